The quantitative estimate of drug-likeness (QED) is 0.900. The van der Waals surface area contributed by atoms with Crippen molar-refractivity contribution in [1.29, 1.82) is 0 Å². The van der Waals surface area contributed by atoms with E-state index in [0.717, 1.165) is 16.5 Å². The van der Waals surface area contributed by atoms with Crippen LogP contribution in [0.4, 0.5) is 0 Å². The number of nitrogens with one attached hydrogen (secondary N) is 1. The van der Waals surface area contributed by atoms with Crippen LogP contribution >= 0.6 is 15.9 Å². The van der Waals surface area contributed by atoms with E-state index in [1.807, 2.05) is 45.0 Å². The highest BCUT2D eigenvalue weighted by atomic mass is 79.9. The average molecular weight is 284 g/mol. The molecule has 0 heterocycles. The first-order chi connectivity index (χ1) is 7.45. The molecule has 0 aliphatic heterocycles. The van der Waals surface area contributed by atoms with Crippen LogP contribution in [0.3, 0.4) is 0 Å². The molecule has 3 heteroatoms. The topological polar surface area (TPSA) is 29.1 Å². The van der Waals surface area contributed by atoms with Gasteiger partial charge < -0.3 is 5.32 Å². The Hall–Kier alpha value is -0.830. The van der Waals surface area contributed by atoms with Crippen LogP contribution in [0.1, 0.15) is 32.8 Å². The molecular weight excluding hydrogens is 266 g/mol. The zero-order chi connectivity index (χ0) is 12.2. The van der Waals surface area contributed by atoms with Crippen LogP contribution < -0.4 is 5.32 Å². The third-order valence-corrected chi connectivity index (χ3v) is 3.33. The van der Waals surface area contributed by atoms with Crippen LogP contribution in [0, 0.1) is 5.41 Å². The fraction of sp³-hybridized carbons (Fsp3) is 0.462. The maximum Gasteiger partial charge on any atom is 0.225 e. The third kappa shape index (κ3) is 3.63. The zero-order valence-electron chi connectivity index (χ0n) is 10.0. The summed E-state index contributed by atoms with van der Waals surface area (Å²) in [5.74, 6) is 0.106. The number of hydrogen-bond donors (Lipinski definition) is 1. The van der Waals surface area contributed by atoms with Gasteiger partial charge in [0.1, 0.15) is 0 Å². The lowest BCUT2D eigenvalue weighted by atomic mass is 9.89. The van der Waals surface area contributed by atoms with Gasteiger partial charge in [-0.3, -0.25) is 4.79 Å². The van der Waals surface area contributed by atoms with E-state index in [1.165, 1.54) is 0 Å². The smallest absolute Gasteiger partial charge is 0.225 e. The molecule has 0 bridgehead atoms. The van der Waals surface area contributed by atoms with E-state index in [2.05, 4.69) is 21.2 Å². The standard InChI is InChI=1S/C13H18BrNO/c1-4-13(2,3)12(16)15-9-10-6-5-7-11(14)8-10/h5-8H,4,9H2,1-3H3,(H,15,16). The van der Waals surface area contributed by atoms with Crippen LogP contribution in [0.2, 0.25) is 0 Å². The average Bonchev–Trinajstić information content (AvgIpc) is 2.26. The number of halogens is 1. The molecule has 1 aromatic rings. The molecule has 1 aromatic carbocycles. The van der Waals surface area contributed by atoms with E-state index in [1.54, 1.807) is 0 Å². The van der Waals surface area contributed by atoms with Gasteiger partial charge in [0.15, 0.2) is 0 Å². The minimum Gasteiger partial charge on any atom is -0.352 e. The molecule has 0 spiro atoms. The Labute approximate surface area is 106 Å². The minimum absolute atomic E-state index is 0.106. The number of benzene rings is 1. The molecule has 0 saturated carbocycles. The number of carbonyl (C=O) groups excluding carboxylic acids is 1. The van der Waals surface area contributed by atoms with Gasteiger partial charge in [0, 0.05) is 16.4 Å². The van der Waals surface area contributed by atoms with Crippen molar-refractivity contribution in [3.05, 3.63) is 34.3 Å². The predicted octanol–water partition coefficient (Wildman–Crippen LogP) is 3.50. The van der Waals surface area contributed by atoms with Crippen molar-refractivity contribution < 1.29 is 4.79 Å². The molecule has 88 valence electrons. The Morgan fingerprint density at radius 2 is 2.12 bits per heavy atom. The van der Waals surface area contributed by atoms with Gasteiger partial charge in [-0.2, -0.15) is 0 Å². The van der Waals surface area contributed by atoms with Crippen molar-refractivity contribution in [1.82, 2.24) is 5.32 Å². The van der Waals surface area contributed by atoms with Gasteiger partial charge in [0.25, 0.3) is 0 Å². The van der Waals surface area contributed by atoms with Gasteiger partial charge in [-0.05, 0) is 24.1 Å². The molecule has 0 radical (unpaired) electrons. The molecule has 2 nitrogen and oxygen atoms in total. The molecule has 0 saturated heterocycles. The van der Waals surface area contributed by atoms with Gasteiger partial charge in [-0.1, -0.05) is 48.8 Å². The lowest BCUT2D eigenvalue weighted by molar-refractivity contribution is -0.129. The molecule has 0 aromatic heterocycles. The summed E-state index contributed by atoms with van der Waals surface area (Å²) in [7, 11) is 0. The molecular formula is C13H18BrNO. The largest absolute Gasteiger partial charge is 0.352 e. The van der Waals surface area contributed by atoms with Gasteiger partial charge in [0.05, 0.1) is 0 Å². The minimum atomic E-state index is -0.286. The second-order valence-electron chi connectivity index (χ2n) is 4.55. The highest BCUT2D eigenvalue weighted by Gasteiger charge is 2.24. The van der Waals surface area contributed by atoms with Crippen molar-refractivity contribution in [2.24, 2.45) is 5.41 Å². The van der Waals surface area contributed by atoms with Crippen molar-refractivity contribution in [2.75, 3.05) is 0 Å². The highest BCUT2D eigenvalue weighted by Crippen LogP contribution is 2.19. The molecule has 1 amide bonds. The Kier molecular flexibility index (Phi) is 4.54. The van der Waals surface area contributed by atoms with Gasteiger partial charge in [-0.25, -0.2) is 0 Å². The van der Waals surface area contributed by atoms with E-state index in [-0.39, 0.29) is 11.3 Å². The van der Waals surface area contributed by atoms with Gasteiger partial charge >= 0.3 is 0 Å². The fourth-order valence-electron chi connectivity index (χ4n) is 1.23. The zero-order valence-corrected chi connectivity index (χ0v) is 11.6. The monoisotopic (exact) mass is 283 g/mol. The molecule has 0 unspecified atom stereocenters. The molecule has 0 fully saturated rings. The number of rotatable bonds is 4. The van der Waals surface area contributed by atoms with Crippen molar-refractivity contribution in [3.8, 4) is 0 Å². The first-order valence-corrected chi connectivity index (χ1v) is 6.28. The number of hydrogen-bond acceptors (Lipinski definition) is 1. The fourth-order valence-corrected chi connectivity index (χ4v) is 1.68. The first kappa shape index (κ1) is 13.2. The normalized spacial score (nSPS) is 11.2. The van der Waals surface area contributed by atoms with Gasteiger partial charge in [0.2, 0.25) is 5.91 Å². The van der Waals surface area contributed by atoms with Crippen LogP contribution in [0.25, 0.3) is 0 Å². The summed E-state index contributed by atoms with van der Waals surface area (Å²) in [6.45, 7) is 6.53. The number of amides is 1. The lowest BCUT2D eigenvalue weighted by Crippen LogP contribution is -2.35. The molecule has 1 rings (SSSR count). The molecule has 16 heavy (non-hydrogen) atoms. The van der Waals surface area contributed by atoms with Crippen LogP contribution in [-0.4, -0.2) is 5.91 Å². The van der Waals surface area contributed by atoms with Crippen LogP contribution in [0.5, 0.6) is 0 Å². The summed E-state index contributed by atoms with van der Waals surface area (Å²) in [5, 5.41) is 2.96. The Morgan fingerprint density at radius 3 is 2.69 bits per heavy atom. The molecule has 0 aliphatic rings. The maximum atomic E-state index is 11.8. The molecule has 0 aliphatic carbocycles. The van der Waals surface area contributed by atoms with E-state index in [4.69, 9.17) is 0 Å². The summed E-state index contributed by atoms with van der Waals surface area (Å²) in [5.41, 5.74) is 0.820. The third-order valence-electron chi connectivity index (χ3n) is 2.84. The van der Waals surface area contributed by atoms with Crippen molar-refractivity contribution in [2.45, 2.75) is 33.7 Å². The van der Waals surface area contributed by atoms with E-state index >= 15 is 0 Å². The summed E-state index contributed by atoms with van der Waals surface area (Å²) in [4.78, 5) is 11.8. The van der Waals surface area contributed by atoms with Gasteiger partial charge in [-0.15, -0.1) is 0 Å². The van der Waals surface area contributed by atoms with Crippen molar-refractivity contribution in [3.63, 3.8) is 0 Å². The summed E-state index contributed by atoms with van der Waals surface area (Å²) in [6.07, 6.45) is 0.845. The lowest BCUT2D eigenvalue weighted by Gasteiger charge is -2.21. The molecule has 1 N–H and O–H groups in total. The number of carbonyl (C=O) groups is 1. The van der Waals surface area contributed by atoms with E-state index in [9.17, 15) is 4.79 Å². The van der Waals surface area contributed by atoms with Crippen molar-refractivity contribution >= 4 is 21.8 Å². The van der Waals surface area contributed by atoms with Crippen LogP contribution in [0.15, 0.2) is 28.7 Å². The maximum absolute atomic E-state index is 11.8. The summed E-state index contributed by atoms with van der Waals surface area (Å²) in [6, 6.07) is 7.96. The SMILES string of the molecule is CCC(C)(C)C(=O)NCc1cccc(Br)c1. The second kappa shape index (κ2) is 5.48. The first-order valence-electron chi connectivity index (χ1n) is 5.48. The van der Waals surface area contributed by atoms with E-state index < -0.39 is 0 Å². The van der Waals surface area contributed by atoms with Crippen LogP contribution in [-0.2, 0) is 11.3 Å². The summed E-state index contributed by atoms with van der Waals surface area (Å²) < 4.78 is 1.04. The highest BCUT2D eigenvalue weighted by molar-refractivity contribution is 9.10. The Bertz CT molecular complexity index is 374. The molecule has 0 atom stereocenters. The Morgan fingerprint density at radius 1 is 1.44 bits per heavy atom. The predicted molar refractivity (Wildman–Crippen MR) is 70.1 cm³/mol. The Balaban J connectivity index is 2.56. The summed E-state index contributed by atoms with van der Waals surface area (Å²) >= 11 is 3.41. The van der Waals surface area contributed by atoms with E-state index in [0.29, 0.717) is 6.54 Å². The second-order valence-corrected chi connectivity index (χ2v) is 5.47.